The van der Waals surface area contributed by atoms with Crippen LogP contribution >= 0.6 is 0 Å². The molecule has 0 aromatic heterocycles. The highest BCUT2D eigenvalue weighted by atomic mass is 16.5. The van der Waals surface area contributed by atoms with Gasteiger partial charge >= 0.3 is 0 Å². The predicted octanol–water partition coefficient (Wildman–Crippen LogP) is 2.53. The highest BCUT2D eigenvalue weighted by Crippen LogP contribution is 2.43. The predicted molar refractivity (Wildman–Crippen MR) is 71.4 cm³/mol. The first-order valence-electron chi connectivity index (χ1n) is 6.72. The minimum atomic E-state index is -0.102. The first kappa shape index (κ1) is 11.8. The molecule has 1 fully saturated rings. The number of ether oxygens (including phenoxy) is 2. The molecule has 98 valence electrons. The van der Waals surface area contributed by atoms with Gasteiger partial charge in [0.25, 0.3) is 0 Å². The Balaban J connectivity index is 1.73. The highest BCUT2D eigenvalue weighted by Gasteiger charge is 2.35. The van der Waals surface area contributed by atoms with Crippen molar-refractivity contribution in [2.45, 2.75) is 50.9 Å². The molecule has 0 spiro atoms. The van der Waals surface area contributed by atoms with Gasteiger partial charge in [-0.25, -0.2) is 0 Å². The summed E-state index contributed by atoms with van der Waals surface area (Å²) in [5.74, 6) is 1.87. The maximum absolute atomic E-state index is 6.05. The Labute approximate surface area is 108 Å². The Bertz CT molecular complexity index is 450. The van der Waals surface area contributed by atoms with Gasteiger partial charge in [-0.15, -0.1) is 0 Å². The molecule has 0 radical (unpaired) electrons. The zero-order valence-electron chi connectivity index (χ0n) is 11.3. The summed E-state index contributed by atoms with van der Waals surface area (Å²) in [5.41, 5.74) is 1.16. The lowest BCUT2D eigenvalue weighted by molar-refractivity contribution is 0.0771. The second-order valence-corrected chi connectivity index (χ2v) is 5.98. The van der Waals surface area contributed by atoms with Gasteiger partial charge in [-0.05, 0) is 39.8 Å². The van der Waals surface area contributed by atoms with Crippen LogP contribution in [0.5, 0.6) is 11.5 Å². The van der Waals surface area contributed by atoms with Gasteiger partial charge in [-0.1, -0.05) is 12.1 Å². The standard InChI is InChI=1S/C15H21NO2/c1-15(2)9-10-5-4-6-13(14(10)18-15)17-12-7-11(8-12)16-3/h4-6,11-12,16H,7-9H2,1-3H3. The molecule has 2 aliphatic rings. The fraction of sp³-hybridized carbons (Fsp3) is 0.600. The summed E-state index contributed by atoms with van der Waals surface area (Å²) in [4.78, 5) is 0. The molecule has 1 heterocycles. The first-order valence-corrected chi connectivity index (χ1v) is 6.72. The van der Waals surface area contributed by atoms with Crippen LogP contribution in [0, 0.1) is 0 Å². The molecule has 1 aliphatic carbocycles. The molecular formula is C15H21NO2. The summed E-state index contributed by atoms with van der Waals surface area (Å²) in [6.45, 7) is 4.24. The lowest BCUT2D eigenvalue weighted by Gasteiger charge is -2.35. The fourth-order valence-corrected chi connectivity index (χ4v) is 2.76. The number of benzene rings is 1. The monoisotopic (exact) mass is 247 g/mol. The van der Waals surface area contributed by atoms with E-state index in [0.717, 1.165) is 30.8 Å². The van der Waals surface area contributed by atoms with Crippen molar-refractivity contribution in [3.63, 3.8) is 0 Å². The SMILES string of the molecule is CNC1CC(Oc2cccc3c2OC(C)(C)C3)C1. The Morgan fingerprint density at radius 2 is 2.11 bits per heavy atom. The Kier molecular flexibility index (Phi) is 2.74. The summed E-state index contributed by atoms with van der Waals surface area (Å²) in [7, 11) is 2.01. The lowest BCUT2D eigenvalue weighted by Crippen LogP contribution is -2.45. The molecular weight excluding hydrogens is 226 g/mol. The Hall–Kier alpha value is -1.22. The molecule has 3 rings (SSSR count). The van der Waals surface area contributed by atoms with Gasteiger partial charge in [-0.3, -0.25) is 0 Å². The van der Waals surface area contributed by atoms with Crippen molar-refractivity contribution >= 4 is 0 Å². The topological polar surface area (TPSA) is 30.5 Å². The molecule has 1 aromatic carbocycles. The van der Waals surface area contributed by atoms with E-state index in [4.69, 9.17) is 9.47 Å². The van der Waals surface area contributed by atoms with Crippen molar-refractivity contribution in [2.24, 2.45) is 0 Å². The third-order valence-electron chi connectivity index (χ3n) is 3.85. The molecule has 1 aromatic rings. The van der Waals surface area contributed by atoms with E-state index in [-0.39, 0.29) is 5.60 Å². The average molecular weight is 247 g/mol. The molecule has 0 saturated heterocycles. The molecule has 3 nitrogen and oxygen atoms in total. The molecule has 3 heteroatoms. The normalized spacial score (nSPS) is 28.2. The number of hydrogen-bond acceptors (Lipinski definition) is 3. The number of nitrogens with one attached hydrogen (secondary N) is 1. The second kappa shape index (κ2) is 4.16. The van der Waals surface area contributed by atoms with Crippen molar-refractivity contribution in [3.8, 4) is 11.5 Å². The van der Waals surface area contributed by atoms with Gasteiger partial charge in [0.2, 0.25) is 0 Å². The van der Waals surface area contributed by atoms with Crippen LogP contribution < -0.4 is 14.8 Å². The van der Waals surface area contributed by atoms with E-state index in [1.54, 1.807) is 0 Å². The highest BCUT2D eigenvalue weighted by molar-refractivity contribution is 5.50. The zero-order chi connectivity index (χ0) is 12.8. The van der Waals surface area contributed by atoms with Crippen LogP contribution in [0.25, 0.3) is 0 Å². The van der Waals surface area contributed by atoms with Crippen molar-refractivity contribution in [1.82, 2.24) is 5.32 Å². The molecule has 1 aliphatic heterocycles. The van der Waals surface area contributed by atoms with Crippen LogP contribution in [0.1, 0.15) is 32.3 Å². The van der Waals surface area contributed by atoms with Crippen LogP contribution in [0.15, 0.2) is 18.2 Å². The maximum Gasteiger partial charge on any atom is 0.165 e. The first-order chi connectivity index (χ1) is 8.57. The third-order valence-corrected chi connectivity index (χ3v) is 3.85. The van der Waals surface area contributed by atoms with Crippen molar-refractivity contribution in [1.29, 1.82) is 0 Å². The van der Waals surface area contributed by atoms with E-state index in [1.807, 2.05) is 13.1 Å². The smallest absolute Gasteiger partial charge is 0.165 e. The Morgan fingerprint density at radius 1 is 1.33 bits per heavy atom. The molecule has 1 N–H and O–H groups in total. The summed E-state index contributed by atoms with van der Waals surface area (Å²) in [6.07, 6.45) is 3.47. The second-order valence-electron chi connectivity index (χ2n) is 5.98. The summed E-state index contributed by atoms with van der Waals surface area (Å²) in [5, 5.41) is 3.27. The summed E-state index contributed by atoms with van der Waals surface area (Å²) in [6, 6.07) is 6.83. The molecule has 0 amide bonds. The van der Waals surface area contributed by atoms with E-state index in [9.17, 15) is 0 Å². The average Bonchev–Trinajstić information content (AvgIpc) is 2.57. The quantitative estimate of drug-likeness (QED) is 0.890. The number of rotatable bonds is 3. The minimum absolute atomic E-state index is 0.102. The number of hydrogen-bond donors (Lipinski definition) is 1. The third kappa shape index (κ3) is 2.07. The van der Waals surface area contributed by atoms with Crippen LogP contribution in [-0.2, 0) is 6.42 Å². The van der Waals surface area contributed by atoms with Gasteiger partial charge in [0.05, 0.1) is 0 Å². The lowest BCUT2D eigenvalue weighted by atomic mass is 9.89. The van der Waals surface area contributed by atoms with Crippen LogP contribution in [0.4, 0.5) is 0 Å². The van der Waals surface area contributed by atoms with Crippen LogP contribution in [0.3, 0.4) is 0 Å². The Morgan fingerprint density at radius 3 is 2.83 bits per heavy atom. The largest absolute Gasteiger partial charge is 0.486 e. The van der Waals surface area contributed by atoms with E-state index < -0.39 is 0 Å². The van der Waals surface area contributed by atoms with E-state index in [2.05, 4.69) is 31.3 Å². The molecule has 0 unspecified atom stereocenters. The summed E-state index contributed by atoms with van der Waals surface area (Å²) >= 11 is 0. The van der Waals surface area contributed by atoms with Crippen molar-refractivity contribution < 1.29 is 9.47 Å². The van der Waals surface area contributed by atoms with E-state index >= 15 is 0 Å². The fourth-order valence-electron chi connectivity index (χ4n) is 2.76. The zero-order valence-corrected chi connectivity index (χ0v) is 11.3. The maximum atomic E-state index is 6.05. The van der Waals surface area contributed by atoms with Gasteiger partial charge in [0.15, 0.2) is 11.5 Å². The van der Waals surface area contributed by atoms with Gasteiger partial charge in [0, 0.05) is 18.0 Å². The minimum Gasteiger partial charge on any atom is -0.486 e. The van der Waals surface area contributed by atoms with Crippen LogP contribution in [0.2, 0.25) is 0 Å². The number of fused-ring (bicyclic) bond motifs is 1. The van der Waals surface area contributed by atoms with Crippen molar-refractivity contribution in [3.05, 3.63) is 23.8 Å². The van der Waals surface area contributed by atoms with E-state index in [0.29, 0.717) is 12.1 Å². The molecule has 0 bridgehead atoms. The van der Waals surface area contributed by atoms with Gasteiger partial charge in [-0.2, -0.15) is 0 Å². The molecule has 1 saturated carbocycles. The molecule has 18 heavy (non-hydrogen) atoms. The number of para-hydroxylation sites is 1. The van der Waals surface area contributed by atoms with Crippen molar-refractivity contribution in [2.75, 3.05) is 7.05 Å². The summed E-state index contributed by atoms with van der Waals surface area (Å²) < 4.78 is 12.1. The van der Waals surface area contributed by atoms with Crippen LogP contribution in [-0.4, -0.2) is 24.8 Å². The molecule has 0 atom stereocenters. The van der Waals surface area contributed by atoms with Gasteiger partial charge < -0.3 is 14.8 Å². The van der Waals surface area contributed by atoms with E-state index in [1.165, 1.54) is 5.56 Å². The van der Waals surface area contributed by atoms with Gasteiger partial charge in [0.1, 0.15) is 11.7 Å².